The molecule has 0 amide bonds. The van der Waals surface area contributed by atoms with Gasteiger partial charge in [-0.15, -0.1) is 9.46 Å². The number of nitrogens with zero attached hydrogens (tertiary/aromatic N) is 8. The fourth-order valence-electron chi connectivity index (χ4n) is 6.50. The summed E-state index contributed by atoms with van der Waals surface area (Å²) in [5.41, 5.74) is 8.28. The zero-order valence-electron chi connectivity index (χ0n) is 33.1. The molecule has 0 atom stereocenters. The summed E-state index contributed by atoms with van der Waals surface area (Å²) >= 11 is 0. The lowest BCUT2D eigenvalue weighted by Gasteiger charge is -2.16. The van der Waals surface area contributed by atoms with Crippen LogP contribution in [0.1, 0.15) is 39.2 Å². The summed E-state index contributed by atoms with van der Waals surface area (Å²) in [6.07, 6.45) is 2.78. The van der Waals surface area contributed by atoms with Crippen LogP contribution in [-0.2, 0) is 32.8 Å². The Balaban J connectivity index is 0.000000199. The van der Waals surface area contributed by atoms with Crippen molar-refractivity contribution in [2.24, 2.45) is 0 Å². The largest absolute Gasteiger partial charge is 0.423 e. The van der Waals surface area contributed by atoms with Crippen molar-refractivity contribution in [1.29, 1.82) is 0 Å². The molecule has 0 aliphatic carbocycles. The molecule has 0 radical (unpaired) electrons. The van der Waals surface area contributed by atoms with Gasteiger partial charge in [0, 0.05) is 38.3 Å². The predicted molar refractivity (Wildman–Crippen MR) is 223 cm³/mol. The van der Waals surface area contributed by atoms with Crippen LogP contribution in [0.15, 0.2) is 113 Å². The Morgan fingerprint density at radius 2 is 1.07 bits per heavy atom. The minimum atomic E-state index is -0.533. The van der Waals surface area contributed by atoms with E-state index in [-0.39, 0.29) is 17.8 Å². The third kappa shape index (κ3) is 10.2. The van der Waals surface area contributed by atoms with E-state index in [1.165, 1.54) is 34.6 Å². The van der Waals surface area contributed by atoms with Crippen molar-refractivity contribution in [3.8, 4) is 0 Å². The van der Waals surface area contributed by atoms with E-state index in [1.54, 1.807) is 6.07 Å². The Bertz CT molecular complexity index is 2590. The van der Waals surface area contributed by atoms with Gasteiger partial charge in [0.25, 0.3) is 11.1 Å². The molecule has 4 heterocycles. The number of nitrogens with one attached hydrogen (secondary N) is 2. The maximum absolute atomic E-state index is 12.9. The molecule has 0 bridgehead atoms. The lowest BCUT2D eigenvalue weighted by Crippen LogP contribution is -2.28. The number of hydrogen-bond acceptors (Lipinski definition) is 12. The van der Waals surface area contributed by atoms with Gasteiger partial charge in [0.15, 0.2) is 11.3 Å². The van der Waals surface area contributed by atoms with E-state index in [0.717, 1.165) is 40.9 Å². The van der Waals surface area contributed by atoms with E-state index in [4.69, 9.17) is 4.84 Å². The van der Waals surface area contributed by atoms with Crippen LogP contribution in [-0.4, -0.2) is 72.6 Å². The van der Waals surface area contributed by atoms with Crippen molar-refractivity contribution in [1.82, 2.24) is 39.2 Å². The van der Waals surface area contributed by atoms with Gasteiger partial charge in [-0.1, -0.05) is 78.9 Å². The Morgan fingerprint density at radius 1 is 0.596 bits per heavy atom. The number of fused-ring (bicyclic) bond motifs is 2. The van der Waals surface area contributed by atoms with Gasteiger partial charge in [0.1, 0.15) is 19.3 Å². The van der Waals surface area contributed by atoms with Crippen LogP contribution >= 0.6 is 0 Å². The first kappa shape index (κ1) is 40.0. The van der Waals surface area contributed by atoms with E-state index < -0.39 is 5.56 Å². The maximum Gasteiger partial charge on any atom is 0.287 e. The molecule has 4 aromatic heterocycles. The number of aromatic nitrogens is 6. The van der Waals surface area contributed by atoms with Gasteiger partial charge < -0.3 is 30.5 Å². The molecule has 7 aromatic rings. The minimum absolute atomic E-state index is 0.198. The Labute approximate surface area is 331 Å². The molecular formula is C43H48N10O4. The summed E-state index contributed by atoms with van der Waals surface area (Å²) in [6.45, 7) is 6.86. The lowest BCUT2D eigenvalue weighted by molar-refractivity contribution is 0.0979. The average molecular weight is 769 g/mol. The van der Waals surface area contributed by atoms with Crippen molar-refractivity contribution in [3.05, 3.63) is 164 Å². The first-order valence-corrected chi connectivity index (χ1v) is 18.5. The van der Waals surface area contributed by atoms with Gasteiger partial charge in [0.05, 0.1) is 33.5 Å². The molecule has 0 saturated heterocycles. The van der Waals surface area contributed by atoms with Crippen LogP contribution in [0.25, 0.3) is 22.1 Å². The first-order valence-electron chi connectivity index (χ1n) is 18.5. The zero-order valence-corrected chi connectivity index (χ0v) is 33.1. The van der Waals surface area contributed by atoms with Crippen molar-refractivity contribution >= 4 is 33.4 Å². The van der Waals surface area contributed by atoms with E-state index in [9.17, 15) is 14.8 Å². The van der Waals surface area contributed by atoms with Crippen molar-refractivity contribution in [3.63, 3.8) is 0 Å². The fourth-order valence-corrected chi connectivity index (χ4v) is 6.50. The molecule has 14 heteroatoms. The summed E-state index contributed by atoms with van der Waals surface area (Å²) in [7, 11) is 8.16. The van der Waals surface area contributed by atoms with E-state index in [0.29, 0.717) is 45.9 Å². The topological polar surface area (TPSA) is 156 Å². The molecule has 0 aliphatic rings. The molecule has 0 aliphatic heterocycles. The molecule has 294 valence electrons. The second kappa shape index (κ2) is 18.3. The maximum atomic E-state index is 12.9. The molecule has 0 spiro atoms. The van der Waals surface area contributed by atoms with Crippen molar-refractivity contribution in [2.45, 2.75) is 46.6 Å². The molecular weight excluding hydrogens is 721 g/mol. The minimum Gasteiger partial charge on any atom is -0.423 e. The molecule has 3 aromatic carbocycles. The Kier molecular flexibility index (Phi) is 12.9. The van der Waals surface area contributed by atoms with Gasteiger partial charge in [0.2, 0.25) is 0 Å². The average Bonchev–Trinajstić information content (AvgIpc) is 3.18. The van der Waals surface area contributed by atoms with Crippen LogP contribution in [0.2, 0.25) is 0 Å². The standard InChI is InChI=1S/C25H27N5O2.C18H21N5O2/c1-18-24-22(26-14-20-10-7-11-21(12-20)15-29(2)3)13-23(31)30(25(24)28-17-27-18)32-16-19-8-5-4-6-9-19;1-12-17-15(8-16(24)23(25)18(17)21-11-20-12)19-9-13-5-4-6-14(7-13)10-22(2)3/h4-13,17,26H,14-16H2,1-3H3;4-8,11,19,25H,9-10H2,1-3H3. The number of hydrogen-bond donors (Lipinski definition) is 3. The molecule has 3 N–H and O–H groups in total. The van der Waals surface area contributed by atoms with Crippen molar-refractivity contribution < 1.29 is 10.0 Å². The number of anilines is 2. The van der Waals surface area contributed by atoms with Crippen molar-refractivity contribution in [2.75, 3.05) is 38.8 Å². The van der Waals surface area contributed by atoms with Gasteiger partial charge in [-0.2, -0.15) is 0 Å². The van der Waals surface area contributed by atoms with E-state index in [2.05, 4.69) is 90.9 Å². The molecule has 0 unspecified atom stereocenters. The van der Waals surface area contributed by atoms with Crippen LogP contribution in [0.3, 0.4) is 0 Å². The second-order valence-electron chi connectivity index (χ2n) is 14.3. The van der Waals surface area contributed by atoms with E-state index >= 15 is 0 Å². The quantitative estimate of drug-likeness (QED) is 0.129. The highest BCUT2D eigenvalue weighted by Gasteiger charge is 2.15. The van der Waals surface area contributed by atoms with Gasteiger partial charge in [-0.25, -0.2) is 19.9 Å². The van der Waals surface area contributed by atoms with Crippen LogP contribution in [0, 0.1) is 13.8 Å². The fraction of sp³-hybridized carbons (Fsp3) is 0.256. The molecule has 0 saturated carbocycles. The molecule has 7 rings (SSSR count). The third-order valence-corrected chi connectivity index (χ3v) is 9.06. The highest BCUT2D eigenvalue weighted by Crippen LogP contribution is 2.24. The second-order valence-corrected chi connectivity index (χ2v) is 14.3. The van der Waals surface area contributed by atoms with Crippen LogP contribution < -0.4 is 26.6 Å². The summed E-state index contributed by atoms with van der Waals surface area (Å²) in [4.78, 5) is 51.8. The smallest absolute Gasteiger partial charge is 0.287 e. The summed E-state index contributed by atoms with van der Waals surface area (Å²) < 4.78 is 1.80. The SMILES string of the molecule is Cc1ncnc2c1c(NCc1cccc(CN(C)C)c1)cc(=O)n2O.Cc1ncnc2c1c(NCc1cccc(CN(C)C)c1)cc(=O)n2OCc1ccccc1. The number of aryl methyl sites for hydroxylation is 2. The highest BCUT2D eigenvalue weighted by atomic mass is 16.7. The first-order chi connectivity index (χ1) is 27.5. The molecule has 0 fully saturated rings. The summed E-state index contributed by atoms with van der Waals surface area (Å²) in [5, 5.41) is 18.0. The lowest BCUT2D eigenvalue weighted by atomic mass is 10.1. The number of benzene rings is 3. The Hall–Kier alpha value is -6.64. The number of rotatable bonds is 13. The van der Waals surface area contributed by atoms with Gasteiger partial charge in [-0.3, -0.25) is 9.59 Å². The van der Waals surface area contributed by atoms with Crippen LogP contribution in [0.5, 0.6) is 0 Å². The summed E-state index contributed by atoms with van der Waals surface area (Å²) in [5.74, 6) is 0. The zero-order chi connectivity index (χ0) is 40.5. The highest BCUT2D eigenvalue weighted by molar-refractivity contribution is 5.91. The Morgan fingerprint density at radius 3 is 1.61 bits per heavy atom. The normalized spacial score (nSPS) is 11.2. The third-order valence-electron chi connectivity index (χ3n) is 9.06. The number of pyridine rings is 2. The molecule has 57 heavy (non-hydrogen) atoms. The van der Waals surface area contributed by atoms with E-state index in [1.807, 2.05) is 70.4 Å². The van der Waals surface area contributed by atoms with Gasteiger partial charge >= 0.3 is 0 Å². The van der Waals surface area contributed by atoms with Crippen LogP contribution in [0.4, 0.5) is 11.4 Å². The monoisotopic (exact) mass is 768 g/mol. The summed E-state index contributed by atoms with van der Waals surface area (Å²) in [6, 6.07) is 29.3. The predicted octanol–water partition coefficient (Wildman–Crippen LogP) is 5.41. The van der Waals surface area contributed by atoms with Gasteiger partial charge in [-0.05, 0) is 69.9 Å². The molecule has 14 nitrogen and oxygen atoms in total.